The van der Waals surface area contributed by atoms with E-state index in [2.05, 4.69) is 59.2 Å². The fourth-order valence-electron chi connectivity index (χ4n) is 2.47. The van der Waals surface area contributed by atoms with Gasteiger partial charge in [0, 0.05) is 21.8 Å². The summed E-state index contributed by atoms with van der Waals surface area (Å²) in [6.07, 6.45) is 0.631. The van der Waals surface area contributed by atoms with Crippen LogP contribution in [0.3, 0.4) is 0 Å². The van der Waals surface area contributed by atoms with Crippen LogP contribution in [0, 0.1) is 0 Å². The topological polar surface area (TPSA) is 47.9 Å². The predicted octanol–water partition coefficient (Wildman–Crippen LogP) is 5.00. The molecule has 1 fully saturated rings. The number of benzene rings is 1. The van der Waals surface area contributed by atoms with Crippen LogP contribution in [0.25, 0.3) is 0 Å². The van der Waals surface area contributed by atoms with Crippen LogP contribution in [-0.4, -0.2) is 29.9 Å². The van der Waals surface area contributed by atoms with E-state index in [-0.39, 0.29) is 29.9 Å². The van der Waals surface area contributed by atoms with Gasteiger partial charge in [-0.3, -0.25) is 9.54 Å². The average molecular weight is 465 g/mol. The molecule has 2 rings (SSSR count). The third-order valence-electron chi connectivity index (χ3n) is 4.73. The Morgan fingerprint density at radius 2 is 1.77 bits per heavy atom. The zero-order chi connectivity index (χ0) is 19.5. The van der Waals surface area contributed by atoms with Crippen LogP contribution in [0.2, 0.25) is 0 Å². The number of hydrogen-bond donors (Lipinski definition) is 0. The van der Waals surface area contributed by atoms with Crippen molar-refractivity contribution in [2.45, 2.75) is 51.4 Å². The van der Waals surface area contributed by atoms with Crippen molar-refractivity contribution >= 4 is 68.2 Å². The van der Waals surface area contributed by atoms with Crippen molar-refractivity contribution in [3.63, 3.8) is 0 Å². The van der Waals surface area contributed by atoms with E-state index in [9.17, 15) is 4.79 Å². The predicted molar refractivity (Wildman–Crippen MR) is 128 cm³/mol. The number of nitrogens with zero attached hydrogens (tertiary/aromatic N) is 1. The van der Waals surface area contributed by atoms with Gasteiger partial charge in [-0.2, -0.15) is 0 Å². The van der Waals surface area contributed by atoms with Crippen LogP contribution in [0.15, 0.2) is 29.0 Å². The smallest absolute Gasteiger partial charge is 0.399 e. The molecule has 1 saturated heterocycles. The molecule has 142 valence electrons. The first kappa shape index (κ1) is 23.4. The number of rotatable bonds is 7. The van der Waals surface area contributed by atoms with Crippen LogP contribution in [0.1, 0.15) is 33.3 Å². The lowest BCUT2D eigenvalue weighted by molar-refractivity contribution is -0.112. The largest absolute Gasteiger partial charge is 0.494 e. The monoisotopic (exact) mass is 465 g/mol. The third kappa shape index (κ3) is 5.82. The lowest BCUT2D eigenvalue weighted by Gasteiger charge is -2.32. The van der Waals surface area contributed by atoms with Crippen LogP contribution in [-0.2, 0) is 20.5 Å². The Hall–Kier alpha value is 1.12. The Morgan fingerprint density at radius 1 is 1.23 bits per heavy atom. The molecule has 0 spiro atoms. The summed E-state index contributed by atoms with van der Waals surface area (Å²) >= 11 is 0. The number of carbonyl (C=O) groups excluding carboxylic acids is 1. The lowest BCUT2D eigenvalue weighted by Crippen LogP contribution is -2.41. The van der Waals surface area contributed by atoms with Gasteiger partial charge in [0.2, 0.25) is 0 Å². The van der Waals surface area contributed by atoms with E-state index in [0.29, 0.717) is 14.4 Å². The Kier molecular flexibility index (Phi) is 8.78. The van der Waals surface area contributed by atoms with E-state index in [1.165, 1.54) is 0 Å². The highest BCUT2D eigenvalue weighted by molar-refractivity contribution is 8.50. The standard InChI is InChI=1S/C15H26BNO3P6/c1-14(2)15(3,4)20-16(19-14)11-7-5-10(6-8-11)9-12(17-24-25-21)13(18)26(22)23/h5-8,12,25H,9,21-23H2,1-4H3/t12-/m0/s1. The van der Waals surface area contributed by atoms with Gasteiger partial charge >= 0.3 is 7.12 Å². The zero-order valence-corrected chi connectivity index (χ0v) is 21.7. The highest BCUT2D eigenvalue weighted by atomic mass is 32.4. The van der Waals surface area contributed by atoms with Crippen LogP contribution < -0.4 is 5.46 Å². The summed E-state index contributed by atoms with van der Waals surface area (Å²) in [5.74, 6) is 0. The van der Waals surface area contributed by atoms with E-state index < -0.39 is 7.30 Å². The molecule has 1 aromatic rings. The Morgan fingerprint density at radius 3 is 2.23 bits per heavy atom. The summed E-state index contributed by atoms with van der Waals surface area (Å²) < 4.78 is 16.7. The first-order valence-electron chi connectivity index (χ1n) is 8.20. The van der Waals surface area contributed by atoms with Crippen molar-refractivity contribution in [3.05, 3.63) is 29.8 Å². The maximum atomic E-state index is 12.4. The SMILES string of the molecule is CC1(C)OB(c2ccc(C[C@H](/N=P/PP)C(=O)P(P)P)cc2)OC1(C)C. The molecule has 0 bridgehead atoms. The third-order valence-corrected chi connectivity index (χ3v) is 9.30. The molecule has 0 amide bonds. The highest BCUT2D eigenvalue weighted by Gasteiger charge is 2.51. The van der Waals surface area contributed by atoms with E-state index in [1.54, 1.807) is 0 Å². The first-order chi connectivity index (χ1) is 12.1. The van der Waals surface area contributed by atoms with Gasteiger partial charge in [-0.05, 0) is 46.7 Å². The summed E-state index contributed by atoms with van der Waals surface area (Å²) in [4.78, 5) is 12.4. The summed E-state index contributed by atoms with van der Waals surface area (Å²) in [6.45, 7) is 8.20. The summed E-state index contributed by atoms with van der Waals surface area (Å²) in [6, 6.07) is 7.86. The summed E-state index contributed by atoms with van der Waals surface area (Å²) in [5, 5.41) is 0. The minimum atomic E-state index is -0.796. The van der Waals surface area contributed by atoms with Gasteiger partial charge in [0.15, 0.2) is 5.52 Å². The quantitative estimate of drug-likeness (QED) is 0.421. The van der Waals surface area contributed by atoms with Crippen LogP contribution in [0.4, 0.5) is 0 Å². The Bertz CT molecular complexity index is 652. The van der Waals surface area contributed by atoms with Crippen molar-refractivity contribution in [2.75, 3.05) is 0 Å². The second kappa shape index (κ2) is 9.75. The van der Waals surface area contributed by atoms with Gasteiger partial charge < -0.3 is 9.31 Å². The van der Waals surface area contributed by atoms with E-state index >= 15 is 0 Å². The van der Waals surface area contributed by atoms with E-state index in [0.717, 1.165) is 19.1 Å². The van der Waals surface area contributed by atoms with Gasteiger partial charge in [-0.15, -0.1) is 8.93 Å². The molecule has 26 heavy (non-hydrogen) atoms. The van der Waals surface area contributed by atoms with Crippen molar-refractivity contribution in [1.82, 2.24) is 0 Å². The molecular formula is C15H26BNO3P6. The van der Waals surface area contributed by atoms with Crippen LogP contribution in [0.5, 0.6) is 0 Å². The van der Waals surface area contributed by atoms with Crippen molar-refractivity contribution in [3.8, 4) is 0 Å². The van der Waals surface area contributed by atoms with Gasteiger partial charge in [-0.25, -0.2) is 0 Å². The van der Waals surface area contributed by atoms with Gasteiger partial charge in [-0.1, -0.05) is 42.1 Å². The molecule has 0 aromatic heterocycles. The number of carbonyl (C=O) groups is 1. The molecule has 1 aliphatic heterocycles. The second-order valence-corrected chi connectivity index (χ2v) is 17.9. The molecule has 4 nitrogen and oxygen atoms in total. The second-order valence-electron chi connectivity index (χ2n) is 7.14. The van der Waals surface area contributed by atoms with Crippen molar-refractivity contribution < 1.29 is 14.1 Å². The first-order valence-corrected chi connectivity index (χ1v) is 17.3. The molecule has 5 atom stereocenters. The molecule has 0 N–H and O–H groups in total. The van der Waals surface area contributed by atoms with E-state index in [4.69, 9.17) is 9.31 Å². The van der Waals surface area contributed by atoms with Gasteiger partial charge in [0.25, 0.3) is 0 Å². The maximum Gasteiger partial charge on any atom is 0.494 e. The van der Waals surface area contributed by atoms with Crippen molar-refractivity contribution in [2.24, 2.45) is 4.74 Å². The van der Waals surface area contributed by atoms with E-state index in [1.807, 2.05) is 24.3 Å². The molecule has 0 saturated carbocycles. The fourth-order valence-corrected chi connectivity index (χ4v) is 5.69. The number of hydrogen-bond acceptors (Lipinski definition) is 4. The molecule has 1 heterocycles. The fraction of sp³-hybridized carbons (Fsp3) is 0.533. The minimum Gasteiger partial charge on any atom is -0.399 e. The average Bonchev–Trinajstić information content (AvgIpc) is 2.79. The lowest BCUT2D eigenvalue weighted by atomic mass is 9.78. The Labute approximate surface area is 168 Å². The summed E-state index contributed by atoms with van der Waals surface area (Å²) in [5.41, 5.74) is 1.59. The van der Waals surface area contributed by atoms with Crippen molar-refractivity contribution in [1.29, 1.82) is 0 Å². The van der Waals surface area contributed by atoms with Crippen LogP contribution >= 0.6 is 50.1 Å². The minimum absolute atomic E-state index is 0.195. The molecule has 1 aromatic carbocycles. The molecular weight excluding hydrogens is 439 g/mol. The maximum absolute atomic E-state index is 12.4. The normalized spacial score (nSPS) is 20.5. The Balaban J connectivity index is 2.11. The summed E-state index contributed by atoms with van der Waals surface area (Å²) in [7, 11) is 8.30. The molecule has 11 heteroatoms. The highest BCUT2D eigenvalue weighted by Crippen LogP contribution is 2.55. The molecule has 4 unspecified atom stereocenters. The van der Waals surface area contributed by atoms with Gasteiger partial charge in [0.1, 0.15) is 6.04 Å². The van der Waals surface area contributed by atoms with Gasteiger partial charge in [0.05, 0.1) is 11.2 Å². The molecule has 0 aliphatic carbocycles. The zero-order valence-electron chi connectivity index (χ0n) is 15.5. The molecule has 1 aliphatic rings. The molecule has 0 radical (unpaired) electrons.